The Bertz CT molecular complexity index is 619. The van der Waals surface area contributed by atoms with Crippen molar-refractivity contribution in [1.29, 1.82) is 0 Å². The van der Waals surface area contributed by atoms with Crippen LogP contribution in [0.25, 0.3) is 0 Å². The van der Waals surface area contributed by atoms with E-state index < -0.39 is 0 Å². The highest BCUT2D eigenvalue weighted by Gasteiger charge is 2.34. The van der Waals surface area contributed by atoms with Gasteiger partial charge in [0.25, 0.3) is 0 Å². The van der Waals surface area contributed by atoms with Crippen LogP contribution in [0.4, 0.5) is 0 Å². The van der Waals surface area contributed by atoms with Gasteiger partial charge in [-0.05, 0) is 57.1 Å². The Morgan fingerprint density at radius 2 is 1.82 bits per heavy atom. The average Bonchev–Trinajstić information content (AvgIpc) is 3.47. The summed E-state index contributed by atoms with van der Waals surface area (Å²) in [6, 6.07) is 12.3. The zero-order valence-electron chi connectivity index (χ0n) is 17.4. The summed E-state index contributed by atoms with van der Waals surface area (Å²) in [5, 5.41) is 7.17. The molecule has 0 spiro atoms. The van der Waals surface area contributed by atoms with E-state index in [0.29, 0.717) is 6.04 Å². The average molecular weight is 384 g/mol. The molecule has 2 aliphatic heterocycles. The molecule has 154 valence electrons. The Morgan fingerprint density at radius 1 is 1.04 bits per heavy atom. The van der Waals surface area contributed by atoms with Gasteiger partial charge < -0.3 is 15.5 Å². The highest BCUT2D eigenvalue weighted by Crippen LogP contribution is 2.31. The summed E-state index contributed by atoms with van der Waals surface area (Å²) in [7, 11) is 0. The molecule has 1 unspecified atom stereocenters. The van der Waals surface area contributed by atoms with Crippen molar-refractivity contribution in [2.24, 2.45) is 10.9 Å². The molecule has 5 heteroatoms. The van der Waals surface area contributed by atoms with Gasteiger partial charge >= 0.3 is 0 Å². The second-order valence-corrected chi connectivity index (χ2v) is 8.78. The van der Waals surface area contributed by atoms with E-state index >= 15 is 0 Å². The van der Waals surface area contributed by atoms with Crippen LogP contribution in [0.15, 0.2) is 35.3 Å². The van der Waals surface area contributed by atoms with E-state index in [1.807, 2.05) is 0 Å². The molecule has 2 heterocycles. The zero-order valence-corrected chi connectivity index (χ0v) is 17.4. The fourth-order valence-electron chi connectivity index (χ4n) is 4.59. The lowest BCUT2D eigenvalue weighted by atomic mass is 10.0. The molecule has 1 aliphatic carbocycles. The SMILES string of the molecule is CCNC(=NCC1CCN(C2CC2)C1)NC1CCN(Cc2ccccc2)CC1. The molecule has 1 aromatic rings. The largest absolute Gasteiger partial charge is 0.357 e. The lowest BCUT2D eigenvalue weighted by Crippen LogP contribution is -2.48. The van der Waals surface area contributed by atoms with E-state index in [0.717, 1.165) is 50.6 Å². The number of nitrogens with zero attached hydrogens (tertiary/aromatic N) is 3. The van der Waals surface area contributed by atoms with Gasteiger partial charge in [0.15, 0.2) is 5.96 Å². The van der Waals surface area contributed by atoms with Crippen molar-refractivity contribution in [2.75, 3.05) is 39.3 Å². The number of nitrogens with one attached hydrogen (secondary N) is 2. The van der Waals surface area contributed by atoms with Crippen molar-refractivity contribution >= 4 is 5.96 Å². The maximum Gasteiger partial charge on any atom is 0.191 e. The lowest BCUT2D eigenvalue weighted by molar-refractivity contribution is 0.198. The van der Waals surface area contributed by atoms with E-state index in [9.17, 15) is 0 Å². The number of rotatable bonds is 7. The van der Waals surface area contributed by atoms with Crippen LogP contribution < -0.4 is 10.6 Å². The Hall–Kier alpha value is -1.59. The highest BCUT2D eigenvalue weighted by molar-refractivity contribution is 5.80. The molecular weight excluding hydrogens is 346 g/mol. The Balaban J connectivity index is 1.21. The van der Waals surface area contributed by atoms with Crippen molar-refractivity contribution in [3.8, 4) is 0 Å². The molecule has 0 amide bonds. The number of hydrogen-bond acceptors (Lipinski definition) is 3. The molecule has 1 aromatic carbocycles. The highest BCUT2D eigenvalue weighted by atomic mass is 15.2. The first-order valence-corrected chi connectivity index (χ1v) is 11.4. The van der Waals surface area contributed by atoms with Crippen LogP contribution in [0.3, 0.4) is 0 Å². The molecular formula is C23H37N5. The first-order valence-electron chi connectivity index (χ1n) is 11.4. The Morgan fingerprint density at radius 3 is 2.54 bits per heavy atom. The van der Waals surface area contributed by atoms with Gasteiger partial charge in [-0.15, -0.1) is 0 Å². The summed E-state index contributed by atoms with van der Waals surface area (Å²) in [5.41, 5.74) is 1.42. The molecule has 3 fully saturated rings. The molecule has 0 radical (unpaired) electrons. The van der Waals surface area contributed by atoms with Gasteiger partial charge in [-0.3, -0.25) is 9.89 Å². The minimum atomic E-state index is 0.538. The van der Waals surface area contributed by atoms with E-state index in [1.165, 1.54) is 50.8 Å². The summed E-state index contributed by atoms with van der Waals surface area (Å²) in [6.45, 7) is 9.98. The zero-order chi connectivity index (χ0) is 19.2. The molecule has 0 bridgehead atoms. The molecule has 2 saturated heterocycles. The summed E-state index contributed by atoms with van der Waals surface area (Å²) >= 11 is 0. The van der Waals surface area contributed by atoms with Gasteiger partial charge in [0, 0.05) is 51.4 Å². The first kappa shape index (κ1) is 19.7. The van der Waals surface area contributed by atoms with Crippen LogP contribution in [0.2, 0.25) is 0 Å². The molecule has 1 atom stereocenters. The third-order valence-corrected chi connectivity index (χ3v) is 6.41. The number of likely N-dealkylation sites (tertiary alicyclic amines) is 2. The molecule has 1 saturated carbocycles. The van der Waals surface area contributed by atoms with Gasteiger partial charge in [-0.25, -0.2) is 0 Å². The van der Waals surface area contributed by atoms with Crippen molar-refractivity contribution < 1.29 is 0 Å². The van der Waals surface area contributed by atoms with Gasteiger partial charge in [-0.1, -0.05) is 30.3 Å². The third kappa shape index (κ3) is 5.71. The topological polar surface area (TPSA) is 42.9 Å². The van der Waals surface area contributed by atoms with Crippen LogP contribution in [0.5, 0.6) is 0 Å². The first-order chi connectivity index (χ1) is 13.8. The van der Waals surface area contributed by atoms with E-state index in [1.54, 1.807) is 0 Å². The maximum absolute atomic E-state index is 4.94. The van der Waals surface area contributed by atoms with Gasteiger partial charge in [0.1, 0.15) is 0 Å². The van der Waals surface area contributed by atoms with Crippen LogP contribution in [-0.2, 0) is 6.54 Å². The standard InChI is InChI=1S/C23H37N5/c1-2-24-23(25-16-20-10-15-28(18-20)22-8-9-22)26-21-11-13-27(14-12-21)17-19-6-4-3-5-7-19/h3-7,20-22H,2,8-18H2,1H3,(H2,24,25,26). The van der Waals surface area contributed by atoms with Crippen LogP contribution in [0.1, 0.15) is 44.6 Å². The fourth-order valence-corrected chi connectivity index (χ4v) is 4.59. The maximum atomic E-state index is 4.94. The number of benzene rings is 1. The predicted octanol–water partition coefficient (Wildman–Crippen LogP) is 2.69. The van der Waals surface area contributed by atoms with Crippen LogP contribution in [0, 0.1) is 5.92 Å². The Kier molecular flexibility index (Phi) is 6.86. The normalized spacial score (nSPS) is 25.2. The lowest BCUT2D eigenvalue weighted by Gasteiger charge is -2.33. The quantitative estimate of drug-likeness (QED) is 0.561. The number of hydrogen-bond donors (Lipinski definition) is 2. The smallest absolute Gasteiger partial charge is 0.191 e. The van der Waals surface area contributed by atoms with E-state index in [4.69, 9.17) is 4.99 Å². The van der Waals surface area contributed by atoms with Gasteiger partial charge in [0.2, 0.25) is 0 Å². The van der Waals surface area contributed by atoms with Crippen molar-refractivity contribution in [3.63, 3.8) is 0 Å². The van der Waals surface area contributed by atoms with E-state index in [-0.39, 0.29) is 0 Å². The summed E-state index contributed by atoms with van der Waals surface area (Å²) < 4.78 is 0. The van der Waals surface area contributed by atoms with Crippen LogP contribution in [-0.4, -0.2) is 67.1 Å². The minimum Gasteiger partial charge on any atom is -0.357 e. The van der Waals surface area contributed by atoms with E-state index in [2.05, 4.69) is 57.7 Å². The third-order valence-electron chi connectivity index (χ3n) is 6.41. The molecule has 2 N–H and O–H groups in total. The van der Waals surface area contributed by atoms with Crippen molar-refractivity contribution in [3.05, 3.63) is 35.9 Å². The number of aliphatic imine (C=N–C) groups is 1. The fraction of sp³-hybridized carbons (Fsp3) is 0.696. The monoisotopic (exact) mass is 383 g/mol. The molecule has 4 rings (SSSR count). The van der Waals surface area contributed by atoms with Gasteiger partial charge in [-0.2, -0.15) is 0 Å². The molecule has 3 aliphatic rings. The second kappa shape index (κ2) is 9.75. The summed E-state index contributed by atoms with van der Waals surface area (Å²) in [6.07, 6.45) is 6.54. The number of piperidine rings is 1. The molecule has 0 aromatic heterocycles. The van der Waals surface area contributed by atoms with Crippen LogP contribution >= 0.6 is 0 Å². The molecule has 28 heavy (non-hydrogen) atoms. The summed E-state index contributed by atoms with van der Waals surface area (Å²) in [5.74, 6) is 1.76. The summed E-state index contributed by atoms with van der Waals surface area (Å²) in [4.78, 5) is 10.2. The van der Waals surface area contributed by atoms with Crippen molar-refractivity contribution in [2.45, 2.75) is 57.7 Å². The van der Waals surface area contributed by atoms with Crippen molar-refractivity contribution in [1.82, 2.24) is 20.4 Å². The number of guanidine groups is 1. The van der Waals surface area contributed by atoms with Gasteiger partial charge in [0.05, 0.1) is 0 Å². The minimum absolute atomic E-state index is 0.538. The second-order valence-electron chi connectivity index (χ2n) is 8.78. The molecule has 5 nitrogen and oxygen atoms in total. The predicted molar refractivity (Wildman–Crippen MR) is 117 cm³/mol. The Labute approximate surface area is 170 Å².